The first-order chi connectivity index (χ1) is 10.8. The molecular formula is C18H30N2OS. The molecule has 0 saturated heterocycles. The Morgan fingerprint density at radius 1 is 1.27 bits per heavy atom. The Kier molecular flexibility index (Phi) is 7.95. The molecule has 0 atom stereocenters. The second-order valence-corrected chi connectivity index (χ2v) is 7.47. The van der Waals surface area contributed by atoms with Gasteiger partial charge in [0, 0.05) is 17.5 Å². The summed E-state index contributed by atoms with van der Waals surface area (Å²) < 4.78 is 0. The largest absolute Gasteiger partial charge is 0.356 e. The minimum Gasteiger partial charge on any atom is -0.356 e. The minimum atomic E-state index is 0.154. The monoisotopic (exact) mass is 322 g/mol. The highest BCUT2D eigenvalue weighted by Gasteiger charge is 2.17. The Morgan fingerprint density at radius 3 is 2.82 bits per heavy atom. The molecule has 0 unspecified atom stereocenters. The third kappa shape index (κ3) is 6.49. The highest BCUT2D eigenvalue weighted by Crippen LogP contribution is 2.21. The standard InChI is InChI=1S/C18H30N2OS/c1-20(16-9-4-2-5-10-16)13-7-3-6-12-19-18(21)15-17-11-8-14-22-17/h8,11,14,16H,2-7,9-10,12-13,15H2,1H3,(H,19,21). The smallest absolute Gasteiger partial charge is 0.225 e. The molecule has 3 nitrogen and oxygen atoms in total. The van der Waals surface area contributed by atoms with Crippen molar-refractivity contribution in [2.75, 3.05) is 20.1 Å². The highest BCUT2D eigenvalue weighted by atomic mass is 32.1. The van der Waals surface area contributed by atoms with Gasteiger partial charge >= 0.3 is 0 Å². The summed E-state index contributed by atoms with van der Waals surface area (Å²) in [4.78, 5) is 15.4. The fourth-order valence-electron chi connectivity index (χ4n) is 3.23. The zero-order valence-electron chi connectivity index (χ0n) is 13.9. The third-order valence-corrected chi connectivity index (χ3v) is 5.50. The Morgan fingerprint density at radius 2 is 2.09 bits per heavy atom. The minimum absolute atomic E-state index is 0.154. The van der Waals surface area contributed by atoms with Crippen molar-refractivity contribution in [2.45, 2.75) is 63.8 Å². The number of rotatable bonds is 9. The van der Waals surface area contributed by atoms with Crippen molar-refractivity contribution in [2.24, 2.45) is 0 Å². The molecule has 1 aliphatic rings. The zero-order valence-corrected chi connectivity index (χ0v) is 14.7. The molecule has 0 radical (unpaired) electrons. The van der Waals surface area contributed by atoms with Crippen molar-refractivity contribution in [3.8, 4) is 0 Å². The average Bonchev–Trinajstić information content (AvgIpc) is 3.04. The van der Waals surface area contributed by atoms with Gasteiger partial charge < -0.3 is 10.2 Å². The van der Waals surface area contributed by atoms with E-state index >= 15 is 0 Å². The first-order valence-corrected chi connectivity index (χ1v) is 9.63. The second kappa shape index (κ2) is 10.0. The van der Waals surface area contributed by atoms with E-state index < -0.39 is 0 Å². The summed E-state index contributed by atoms with van der Waals surface area (Å²) in [6.45, 7) is 2.02. The van der Waals surface area contributed by atoms with Gasteiger partial charge in [0.25, 0.3) is 0 Å². The lowest BCUT2D eigenvalue weighted by Crippen LogP contribution is -2.34. The Balaban J connectivity index is 1.46. The van der Waals surface area contributed by atoms with Gasteiger partial charge in [0.1, 0.15) is 0 Å². The summed E-state index contributed by atoms with van der Waals surface area (Å²) in [5.74, 6) is 0.154. The number of amides is 1. The molecule has 1 amide bonds. The molecule has 1 saturated carbocycles. The van der Waals surface area contributed by atoms with E-state index in [1.165, 1.54) is 51.5 Å². The van der Waals surface area contributed by atoms with E-state index in [-0.39, 0.29) is 5.91 Å². The fraction of sp³-hybridized carbons (Fsp3) is 0.722. The van der Waals surface area contributed by atoms with Crippen LogP contribution in [0.4, 0.5) is 0 Å². The van der Waals surface area contributed by atoms with E-state index in [0.29, 0.717) is 6.42 Å². The number of carbonyl (C=O) groups excluding carboxylic acids is 1. The molecule has 1 aliphatic carbocycles. The molecule has 1 aromatic rings. The maximum atomic E-state index is 11.7. The van der Waals surface area contributed by atoms with Crippen LogP contribution in [0.1, 0.15) is 56.2 Å². The molecule has 0 aromatic carbocycles. The van der Waals surface area contributed by atoms with Crippen LogP contribution in [0.3, 0.4) is 0 Å². The number of unbranched alkanes of at least 4 members (excludes halogenated alkanes) is 2. The Hall–Kier alpha value is -0.870. The van der Waals surface area contributed by atoms with Crippen LogP contribution in [-0.2, 0) is 11.2 Å². The SMILES string of the molecule is CN(CCCCCNC(=O)Cc1cccs1)C1CCCCC1. The average molecular weight is 323 g/mol. The molecule has 1 fully saturated rings. The van der Waals surface area contributed by atoms with Crippen LogP contribution in [0.2, 0.25) is 0 Å². The van der Waals surface area contributed by atoms with Gasteiger partial charge in [0.15, 0.2) is 0 Å². The van der Waals surface area contributed by atoms with Crippen LogP contribution in [-0.4, -0.2) is 37.0 Å². The molecule has 124 valence electrons. The summed E-state index contributed by atoms with van der Waals surface area (Å²) in [7, 11) is 2.28. The van der Waals surface area contributed by atoms with Crippen molar-refractivity contribution >= 4 is 17.2 Å². The summed E-state index contributed by atoms with van der Waals surface area (Å²) >= 11 is 1.65. The Labute approximate surface area is 139 Å². The van der Waals surface area contributed by atoms with Gasteiger partial charge in [0.2, 0.25) is 5.91 Å². The predicted octanol–water partition coefficient (Wildman–Crippen LogP) is 3.84. The number of thiophene rings is 1. The third-order valence-electron chi connectivity index (χ3n) is 4.62. The lowest BCUT2D eigenvalue weighted by Gasteiger charge is -2.31. The molecule has 1 heterocycles. The number of carbonyl (C=O) groups is 1. The van der Waals surface area contributed by atoms with Gasteiger partial charge in [-0.25, -0.2) is 0 Å². The molecule has 1 aromatic heterocycles. The molecular weight excluding hydrogens is 292 g/mol. The predicted molar refractivity (Wildman–Crippen MR) is 94.4 cm³/mol. The second-order valence-electron chi connectivity index (χ2n) is 6.44. The van der Waals surface area contributed by atoms with Crippen molar-refractivity contribution < 1.29 is 4.79 Å². The van der Waals surface area contributed by atoms with Gasteiger partial charge in [-0.2, -0.15) is 0 Å². The van der Waals surface area contributed by atoms with Crippen LogP contribution < -0.4 is 5.32 Å². The van der Waals surface area contributed by atoms with Crippen molar-refractivity contribution in [3.05, 3.63) is 22.4 Å². The lowest BCUT2D eigenvalue weighted by atomic mass is 9.94. The van der Waals surface area contributed by atoms with Gasteiger partial charge in [0.05, 0.1) is 6.42 Å². The van der Waals surface area contributed by atoms with E-state index in [2.05, 4.69) is 17.3 Å². The van der Waals surface area contributed by atoms with E-state index in [4.69, 9.17) is 0 Å². The highest BCUT2D eigenvalue weighted by molar-refractivity contribution is 7.10. The van der Waals surface area contributed by atoms with Crippen LogP contribution >= 0.6 is 11.3 Å². The van der Waals surface area contributed by atoms with Gasteiger partial charge in [-0.1, -0.05) is 31.7 Å². The summed E-state index contributed by atoms with van der Waals surface area (Å²) in [5.41, 5.74) is 0. The molecule has 1 N–H and O–H groups in total. The molecule has 22 heavy (non-hydrogen) atoms. The first-order valence-electron chi connectivity index (χ1n) is 8.75. The Bertz CT molecular complexity index is 413. The number of nitrogens with one attached hydrogen (secondary N) is 1. The molecule has 0 aliphatic heterocycles. The maximum absolute atomic E-state index is 11.7. The fourth-order valence-corrected chi connectivity index (χ4v) is 3.93. The molecule has 2 rings (SSSR count). The van der Waals surface area contributed by atoms with E-state index in [1.54, 1.807) is 11.3 Å². The molecule has 0 bridgehead atoms. The van der Waals surface area contributed by atoms with Crippen molar-refractivity contribution in [1.29, 1.82) is 0 Å². The van der Waals surface area contributed by atoms with E-state index in [1.807, 2.05) is 17.5 Å². The maximum Gasteiger partial charge on any atom is 0.225 e. The van der Waals surface area contributed by atoms with Gasteiger partial charge in [-0.05, 0) is 50.7 Å². The molecule has 4 heteroatoms. The van der Waals surface area contributed by atoms with Crippen molar-refractivity contribution in [3.63, 3.8) is 0 Å². The summed E-state index contributed by atoms with van der Waals surface area (Å²) in [6, 6.07) is 4.83. The summed E-state index contributed by atoms with van der Waals surface area (Å²) in [5, 5.41) is 5.05. The van der Waals surface area contributed by atoms with Crippen LogP contribution in [0, 0.1) is 0 Å². The number of hydrogen-bond donors (Lipinski definition) is 1. The van der Waals surface area contributed by atoms with Crippen molar-refractivity contribution in [1.82, 2.24) is 10.2 Å². The van der Waals surface area contributed by atoms with Crippen LogP contribution in [0.25, 0.3) is 0 Å². The number of nitrogens with zero attached hydrogens (tertiary/aromatic N) is 1. The van der Waals surface area contributed by atoms with Crippen LogP contribution in [0.15, 0.2) is 17.5 Å². The number of hydrogen-bond acceptors (Lipinski definition) is 3. The quantitative estimate of drug-likeness (QED) is 0.701. The van der Waals surface area contributed by atoms with E-state index in [0.717, 1.165) is 23.9 Å². The lowest BCUT2D eigenvalue weighted by molar-refractivity contribution is -0.120. The van der Waals surface area contributed by atoms with Gasteiger partial charge in [-0.15, -0.1) is 11.3 Å². The topological polar surface area (TPSA) is 32.3 Å². The zero-order chi connectivity index (χ0) is 15.6. The van der Waals surface area contributed by atoms with Gasteiger partial charge in [-0.3, -0.25) is 4.79 Å². The molecule has 0 spiro atoms. The normalized spacial score (nSPS) is 16.1. The van der Waals surface area contributed by atoms with E-state index in [9.17, 15) is 4.79 Å². The first kappa shape index (κ1) is 17.5. The van der Waals surface area contributed by atoms with Crippen LogP contribution in [0.5, 0.6) is 0 Å². The summed E-state index contributed by atoms with van der Waals surface area (Å²) in [6.07, 6.45) is 11.1.